The lowest BCUT2D eigenvalue weighted by Crippen LogP contribution is -2.28. The van der Waals surface area contributed by atoms with Gasteiger partial charge in [-0.05, 0) is 45.0 Å². The molecule has 0 aliphatic heterocycles. The highest BCUT2D eigenvalue weighted by Gasteiger charge is 2.17. The molecule has 1 rings (SSSR count). The minimum Gasteiger partial charge on any atom is -0.457 e. The molecule has 1 aromatic rings. The Morgan fingerprint density at radius 3 is 2.32 bits per heavy atom. The smallest absolute Gasteiger partial charge is 0.412 e. The number of rotatable bonds is 3. The summed E-state index contributed by atoms with van der Waals surface area (Å²) in [7, 11) is 0. The Kier molecular flexibility index (Phi) is 4.74. The summed E-state index contributed by atoms with van der Waals surface area (Å²) in [5, 5.41) is 2.46. The largest absolute Gasteiger partial charge is 0.457 e. The van der Waals surface area contributed by atoms with Crippen LogP contribution in [0.3, 0.4) is 0 Å². The zero-order valence-electron chi connectivity index (χ0n) is 11.2. The van der Waals surface area contributed by atoms with Gasteiger partial charge in [-0.25, -0.2) is 9.59 Å². The van der Waals surface area contributed by atoms with Crippen molar-refractivity contribution in [3.63, 3.8) is 0 Å². The number of carbonyl (C=O) groups is 2. The summed E-state index contributed by atoms with van der Waals surface area (Å²) in [6.45, 7) is 4.77. The standard InChI is InChI=1S/C13H18N2O4/c1-13(2,3)19-11(16)8-18-12(17)15-10-6-4-9(14)5-7-10/h4-7H,8,14H2,1-3H3,(H,15,17). The van der Waals surface area contributed by atoms with Crippen LogP contribution in [0.15, 0.2) is 24.3 Å². The maximum atomic E-state index is 11.4. The van der Waals surface area contributed by atoms with E-state index in [4.69, 9.17) is 15.2 Å². The highest BCUT2D eigenvalue weighted by molar-refractivity contribution is 5.86. The zero-order valence-corrected chi connectivity index (χ0v) is 11.2. The van der Waals surface area contributed by atoms with E-state index in [2.05, 4.69) is 5.32 Å². The number of hydrogen-bond acceptors (Lipinski definition) is 5. The molecule has 3 N–H and O–H groups in total. The Hall–Kier alpha value is -2.24. The zero-order chi connectivity index (χ0) is 14.5. The molecule has 6 heteroatoms. The average molecular weight is 266 g/mol. The Labute approximate surface area is 111 Å². The molecular formula is C13H18N2O4. The number of amides is 1. The van der Waals surface area contributed by atoms with E-state index in [1.165, 1.54) is 0 Å². The van der Waals surface area contributed by atoms with E-state index in [-0.39, 0.29) is 0 Å². The van der Waals surface area contributed by atoms with E-state index in [0.717, 1.165) is 0 Å². The lowest BCUT2D eigenvalue weighted by molar-refractivity contribution is -0.158. The van der Waals surface area contributed by atoms with Crippen molar-refractivity contribution >= 4 is 23.4 Å². The van der Waals surface area contributed by atoms with Crippen LogP contribution in [-0.4, -0.2) is 24.3 Å². The molecule has 0 radical (unpaired) electrons. The van der Waals surface area contributed by atoms with Crippen molar-refractivity contribution in [3.8, 4) is 0 Å². The molecule has 0 aliphatic carbocycles. The Morgan fingerprint density at radius 2 is 1.79 bits per heavy atom. The minimum absolute atomic E-state index is 0.432. The molecule has 1 aromatic carbocycles. The molecule has 0 aliphatic rings. The fraction of sp³-hybridized carbons (Fsp3) is 0.385. The molecule has 0 unspecified atom stereocenters. The first-order chi connectivity index (χ1) is 8.76. The van der Waals surface area contributed by atoms with Crippen LogP contribution in [0.1, 0.15) is 20.8 Å². The van der Waals surface area contributed by atoms with Gasteiger partial charge in [0.25, 0.3) is 0 Å². The van der Waals surface area contributed by atoms with Gasteiger partial charge in [-0.1, -0.05) is 0 Å². The summed E-state index contributed by atoms with van der Waals surface area (Å²) in [5.74, 6) is -0.597. The van der Waals surface area contributed by atoms with Gasteiger partial charge in [0.05, 0.1) is 0 Å². The molecule has 6 nitrogen and oxygen atoms in total. The molecule has 0 atom stereocenters. The van der Waals surface area contributed by atoms with Crippen molar-refractivity contribution in [1.29, 1.82) is 0 Å². The molecule has 0 spiro atoms. The third-order valence-electron chi connectivity index (χ3n) is 1.90. The quantitative estimate of drug-likeness (QED) is 0.646. The summed E-state index contributed by atoms with van der Waals surface area (Å²) in [6, 6.07) is 6.54. The van der Waals surface area contributed by atoms with E-state index in [9.17, 15) is 9.59 Å². The highest BCUT2D eigenvalue weighted by atomic mass is 16.6. The minimum atomic E-state index is -0.726. The number of nitrogen functional groups attached to an aromatic ring is 1. The maximum Gasteiger partial charge on any atom is 0.412 e. The van der Waals surface area contributed by atoms with Crippen molar-refractivity contribution in [1.82, 2.24) is 0 Å². The third-order valence-corrected chi connectivity index (χ3v) is 1.90. The lowest BCUT2D eigenvalue weighted by atomic mass is 10.2. The van der Waals surface area contributed by atoms with Crippen molar-refractivity contribution in [2.75, 3.05) is 17.7 Å². The first-order valence-electron chi connectivity index (χ1n) is 5.77. The van der Waals surface area contributed by atoms with Gasteiger partial charge in [0.15, 0.2) is 6.61 Å². The normalized spacial score (nSPS) is 10.7. The van der Waals surface area contributed by atoms with Gasteiger partial charge >= 0.3 is 12.1 Å². The SMILES string of the molecule is CC(C)(C)OC(=O)COC(=O)Nc1ccc(N)cc1. The number of carbonyl (C=O) groups excluding carboxylic acids is 2. The van der Waals surface area contributed by atoms with Crippen molar-refractivity contribution in [2.24, 2.45) is 0 Å². The molecule has 104 valence electrons. The van der Waals surface area contributed by atoms with Crippen LogP contribution in [0.4, 0.5) is 16.2 Å². The molecule has 0 saturated heterocycles. The lowest BCUT2D eigenvalue weighted by Gasteiger charge is -2.19. The summed E-state index contributed by atoms with van der Waals surface area (Å²) in [6.07, 6.45) is -0.726. The molecule has 0 fully saturated rings. The van der Waals surface area contributed by atoms with Gasteiger partial charge in [0, 0.05) is 11.4 Å². The van der Waals surface area contributed by atoms with E-state index in [1.54, 1.807) is 45.0 Å². The van der Waals surface area contributed by atoms with Gasteiger partial charge in [0.1, 0.15) is 5.60 Å². The van der Waals surface area contributed by atoms with Crippen LogP contribution in [0.25, 0.3) is 0 Å². The van der Waals surface area contributed by atoms with E-state index in [0.29, 0.717) is 11.4 Å². The number of esters is 1. The Bertz CT molecular complexity index is 449. The number of ether oxygens (including phenoxy) is 2. The van der Waals surface area contributed by atoms with Gasteiger partial charge in [-0.2, -0.15) is 0 Å². The maximum absolute atomic E-state index is 11.4. The van der Waals surface area contributed by atoms with Gasteiger partial charge in [-0.3, -0.25) is 5.32 Å². The van der Waals surface area contributed by atoms with Gasteiger partial charge < -0.3 is 15.2 Å². The van der Waals surface area contributed by atoms with Crippen molar-refractivity contribution in [2.45, 2.75) is 26.4 Å². The summed E-state index contributed by atoms with van der Waals surface area (Å²) in [5.41, 5.74) is 6.03. The first kappa shape index (κ1) is 14.8. The molecule has 0 saturated carbocycles. The van der Waals surface area contributed by atoms with E-state index in [1.807, 2.05) is 0 Å². The summed E-state index contributed by atoms with van der Waals surface area (Å²) >= 11 is 0. The van der Waals surface area contributed by atoms with Crippen LogP contribution >= 0.6 is 0 Å². The van der Waals surface area contributed by atoms with Crippen molar-refractivity contribution < 1.29 is 19.1 Å². The van der Waals surface area contributed by atoms with E-state index >= 15 is 0 Å². The third kappa shape index (κ3) is 6.30. The fourth-order valence-corrected chi connectivity index (χ4v) is 1.22. The highest BCUT2D eigenvalue weighted by Crippen LogP contribution is 2.11. The van der Waals surface area contributed by atoms with Gasteiger partial charge in [0.2, 0.25) is 0 Å². The molecule has 1 amide bonds. The number of nitrogens with two attached hydrogens (primary N) is 1. The van der Waals surface area contributed by atoms with Gasteiger partial charge in [-0.15, -0.1) is 0 Å². The van der Waals surface area contributed by atoms with Crippen LogP contribution in [0.2, 0.25) is 0 Å². The summed E-state index contributed by atoms with van der Waals surface area (Å²) < 4.78 is 9.72. The second kappa shape index (κ2) is 6.08. The second-order valence-corrected chi connectivity index (χ2v) is 4.91. The Morgan fingerprint density at radius 1 is 1.21 bits per heavy atom. The monoisotopic (exact) mass is 266 g/mol. The van der Waals surface area contributed by atoms with Crippen LogP contribution in [0.5, 0.6) is 0 Å². The molecule has 0 bridgehead atoms. The topological polar surface area (TPSA) is 90.6 Å². The predicted molar refractivity (Wildman–Crippen MR) is 71.7 cm³/mol. The molecule has 0 aromatic heterocycles. The average Bonchev–Trinajstić information content (AvgIpc) is 2.27. The fourth-order valence-electron chi connectivity index (χ4n) is 1.22. The number of benzene rings is 1. The van der Waals surface area contributed by atoms with Crippen molar-refractivity contribution in [3.05, 3.63) is 24.3 Å². The molecular weight excluding hydrogens is 248 g/mol. The van der Waals surface area contributed by atoms with Crippen LogP contribution in [-0.2, 0) is 14.3 Å². The number of anilines is 2. The Balaban J connectivity index is 2.36. The summed E-state index contributed by atoms with van der Waals surface area (Å²) in [4.78, 5) is 22.7. The number of nitrogens with one attached hydrogen (secondary N) is 1. The predicted octanol–water partition coefficient (Wildman–Crippen LogP) is 2.16. The number of hydrogen-bond donors (Lipinski definition) is 2. The first-order valence-corrected chi connectivity index (χ1v) is 5.77. The molecule has 19 heavy (non-hydrogen) atoms. The van der Waals surface area contributed by atoms with E-state index < -0.39 is 24.3 Å². The van der Waals surface area contributed by atoms with Crippen LogP contribution in [0, 0.1) is 0 Å². The van der Waals surface area contributed by atoms with Crippen LogP contribution < -0.4 is 11.1 Å². The second-order valence-electron chi connectivity index (χ2n) is 4.91. The molecule has 0 heterocycles.